The average molecular weight is 405 g/mol. The van der Waals surface area contributed by atoms with E-state index in [2.05, 4.69) is 12.2 Å². The number of hydrogen-bond acceptors (Lipinski definition) is 4. The van der Waals surface area contributed by atoms with Crippen LogP contribution in [0, 0.1) is 0 Å². The normalized spacial score (nSPS) is 12.2. The van der Waals surface area contributed by atoms with Crippen molar-refractivity contribution in [1.82, 2.24) is 5.32 Å². The Kier molecular flexibility index (Phi) is 7.87. The molecule has 1 atom stereocenters. The Bertz CT molecular complexity index is 852. The van der Waals surface area contributed by atoms with Gasteiger partial charge in [0.05, 0.1) is 10.6 Å². The van der Waals surface area contributed by atoms with E-state index in [-0.39, 0.29) is 23.5 Å². The van der Waals surface area contributed by atoms with Crippen molar-refractivity contribution in [2.45, 2.75) is 44.6 Å². The summed E-state index contributed by atoms with van der Waals surface area (Å²) in [6, 6.07) is 15.1. The predicted octanol–water partition coefficient (Wildman–Crippen LogP) is 3.59. The van der Waals surface area contributed by atoms with E-state index in [0.717, 1.165) is 12.8 Å². The van der Waals surface area contributed by atoms with Gasteiger partial charge in [0.15, 0.2) is 6.61 Å². The summed E-state index contributed by atoms with van der Waals surface area (Å²) in [6.45, 7) is 6.04. The van der Waals surface area contributed by atoms with Crippen molar-refractivity contribution in [3.8, 4) is 5.75 Å². The van der Waals surface area contributed by atoms with Crippen LogP contribution in [-0.2, 0) is 14.8 Å². The fourth-order valence-corrected chi connectivity index (χ4v) is 4.38. The molecule has 0 aliphatic carbocycles. The lowest BCUT2D eigenvalue weighted by Crippen LogP contribution is -2.35. The van der Waals surface area contributed by atoms with Gasteiger partial charge in [0.25, 0.3) is 15.9 Å². The SMILES string of the molecule is CCC[C@H](C)NC(=O)COc1ccc(N(CC)S(=O)(=O)c2ccccc2)cc1. The fraction of sp³-hybridized carbons (Fsp3) is 0.381. The topological polar surface area (TPSA) is 75.7 Å². The first-order valence-electron chi connectivity index (χ1n) is 9.48. The largest absolute Gasteiger partial charge is 0.484 e. The van der Waals surface area contributed by atoms with Gasteiger partial charge in [-0.15, -0.1) is 0 Å². The number of carbonyl (C=O) groups is 1. The molecule has 2 rings (SSSR count). The summed E-state index contributed by atoms with van der Waals surface area (Å²) in [6.07, 6.45) is 1.92. The summed E-state index contributed by atoms with van der Waals surface area (Å²) in [5.41, 5.74) is 0.541. The minimum Gasteiger partial charge on any atom is -0.484 e. The van der Waals surface area contributed by atoms with E-state index in [4.69, 9.17) is 4.74 Å². The first kappa shape index (κ1) is 21.8. The first-order chi connectivity index (χ1) is 13.4. The molecule has 0 bridgehead atoms. The Labute approximate surface area is 167 Å². The Hall–Kier alpha value is -2.54. The molecule has 0 aromatic heterocycles. The van der Waals surface area contributed by atoms with E-state index in [9.17, 15) is 13.2 Å². The van der Waals surface area contributed by atoms with Crippen LogP contribution < -0.4 is 14.4 Å². The standard InChI is InChI=1S/C21H28N2O4S/c1-4-9-17(3)22-21(24)16-27-19-14-12-18(13-15-19)23(5-2)28(25,26)20-10-7-6-8-11-20/h6-8,10-15,17H,4-5,9,16H2,1-3H3,(H,22,24)/t17-/m0/s1. The number of amides is 1. The number of carbonyl (C=O) groups excluding carboxylic acids is 1. The predicted molar refractivity (Wildman–Crippen MR) is 111 cm³/mol. The number of ether oxygens (including phenoxy) is 1. The zero-order chi connectivity index (χ0) is 20.6. The Morgan fingerprint density at radius 1 is 1.07 bits per heavy atom. The third-order valence-electron chi connectivity index (χ3n) is 4.24. The van der Waals surface area contributed by atoms with E-state index < -0.39 is 10.0 Å². The van der Waals surface area contributed by atoms with Crippen molar-refractivity contribution in [1.29, 1.82) is 0 Å². The van der Waals surface area contributed by atoms with Gasteiger partial charge in [-0.05, 0) is 56.7 Å². The summed E-state index contributed by atoms with van der Waals surface area (Å²) < 4.78 is 32.6. The molecule has 0 aliphatic heterocycles. The van der Waals surface area contributed by atoms with E-state index in [1.807, 2.05) is 6.92 Å². The lowest BCUT2D eigenvalue weighted by molar-refractivity contribution is -0.123. The van der Waals surface area contributed by atoms with Crippen molar-refractivity contribution < 1.29 is 17.9 Å². The second-order valence-corrected chi connectivity index (χ2v) is 8.38. The zero-order valence-corrected chi connectivity index (χ0v) is 17.4. The summed E-state index contributed by atoms with van der Waals surface area (Å²) >= 11 is 0. The molecule has 0 aliphatic rings. The van der Waals surface area contributed by atoms with Crippen LogP contribution in [-0.4, -0.2) is 33.5 Å². The van der Waals surface area contributed by atoms with Gasteiger partial charge in [0.2, 0.25) is 0 Å². The highest BCUT2D eigenvalue weighted by Crippen LogP contribution is 2.25. The third-order valence-corrected chi connectivity index (χ3v) is 6.16. The molecule has 0 saturated heterocycles. The van der Waals surface area contributed by atoms with Crippen LogP contribution in [0.25, 0.3) is 0 Å². The molecule has 1 N–H and O–H groups in total. The van der Waals surface area contributed by atoms with Crippen LogP contribution in [0.1, 0.15) is 33.6 Å². The van der Waals surface area contributed by atoms with Crippen molar-refractivity contribution in [2.24, 2.45) is 0 Å². The molecule has 28 heavy (non-hydrogen) atoms. The van der Waals surface area contributed by atoms with Crippen LogP contribution in [0.5, 0.6) is 5.75 Å². The lowest BCUT2D eigenvalue weighted by Gasteiger charge is -2.23. The molecule has 152 valence electrons. The summed E-state index contributed by atoms with van der Waals surface area (Å²) in [5, 5.41) is 2.88. The van der Waals surface area contributed by atoms with Crippen LogP contribution >= 0.6 is 0 Å². The number of benzene rings is 2. The monoisotopic (exact) mass is 404 g/mol. The highest BCUT2D eigenvalue weighted by atomic mass is 32.2. The molecule has 0 fully saturated rings. The van der Waals surface area contributed by atoms with Crippen molar-refractivity contribution in [2.75, 3.05) is 17.5 Å². The minimum absolute atomic E-state index is 0.0762. The van der Waals surface area contributed by atoms with Crippen LogP contribution in [0.4, 0.5) is 5.69 Å². The van der Waals surface area contributed by atoms with Crippen molar-refractivity contribution >= 4 is 21.6 Å². The quantitative estimate of drug-likeness (QED) is 0.657. The maximum atomic E-state index is 12.9. The molecule has 0 saturated carbocycles. The van der Waals surface area contributed by atoms with Gasteiger partial charge in [0.1, 0.15) is 5.75 Å². The number of rotatable bonds is 10. The Morgan fingerprint density at radius 3 is 2.29 bits per heavy atom. The van der Waals surface area contributed by atoms with Crippen molar-refractivity contribution in [3.05, 3.63) is 54.6 Å². The maximum Gasteiger partial charge on any atom is 0.264 e. The van der Waals surface area contributed by atoms with E-state index in [0.29, 0.717) is 18.0 Å². The average Bonchev–Trinajstić information content (AvgIpc) is 2.68. The first-order valence-corrected chi connectivity index (χ1v) is 10.9. The van der Waals surface area contributed by atoms with Crippen LogP contribution in [0.15, 0.2) is 59.5 Å². The highest BCUT2D eigenvalue weighted by molar-refractivity contribution is 7.92. The Balaban J connectivity index is 2.03. The lowest BCUT2D eigenvalue weighted by atomic mass is 10.2. The molecule has 0 radical (unpaired) electrons. The molecule has 2 aromatic carbocycles. The van der Waals surface area contributed by atoms with Crippen molar-refractivity contribution in [3.63, 3.8) is 0 Å². The Morgan fingerprint density at radius 2 is 1.71 bits per heavy atom. The minimum atomic E-state index is -3.63. The molecular formula is C21H28N2O4S. The molecule has 0 spiro atoms. The van der Waals surface area contributed by atoms with E-state index in [1.54, 1.807) is 61.5 Å². The number of hydrogen-bond donors (Lipinski definition) is 1. The number of nitrogens with one attached hydrogen (secondary N) is 1. The maximum absolute atomic E-state index is 12.9. The molecular weight excluding hydrogens is 376 g/mol. The molecule has 6 nitrogen and oxygen atoms in total. The van der Waals surface area contributed by atoms with Crippen LogP contribution in [0.3, 0.4) is 0 Å². The number of sulfonamides is 1. The van der Waals surface area contributed by atoms with Gasteiger partial charge < -0.3 is 10.1 Å². The van der Waals surface area contributed by atoms with Gasteiger partial charge in [-0.25, -0.2) is 8.42 Å². The highest BCUT2D eigenvalue weighted by Gasteiger charge is 2.23. The summed E-state index contributed by atoms with van der Waals surface area (Å²) in [4.78, 5) is 12.1. The molecule has 0 heterocycles. The van der Waals surface area contributed by atoms with Gasteiger partial charge in [-0.2, -0.15) is 0 Å². The van der Waals surface area contributed by atoms with Gasteiger partial charge in [-0.1, -0.05) is 31.5 Å². The zero-order valence-electron chi connectivity index (χ0n) is 16.6. The van der Waals surface area contributed by atoms with Gasteiger partial charge in [-0.3, -0.25) is 9.10 Å². The fourth-order valence-electron chi connectivity index (χ4n) is 2.89. The second-order valence-electron chi connectivity index (χ2n) is 6.52. The van der Waals surface area contributed by atoms with E-state index in [1.165, 1.54) is 4.31 Å². The number of anilines is 1. The second kappa shape index (κ2) is 10.1. The molecule has 2 aromatic rings. The summed E-state index contributed by atoms with van der Waals surface area (Å²) in [7, 11) is -3.63. The van der Waals surface area contributed by atoms with Gasteiger partial charge >= 0.3 is 0 Å². The molecule has 0 unspecified atom stereocenters. The van der Waals surface area contributed by atoms with Crippen LogP contribution in [0.2, 0.25) is 0 Å². The van der Waals surface area contributed by atoms with E-state index >= 15 is 0 Å². The number of nitrogens with zero attached hydrogens (tertiary/aromatic N) is 1. The van der Waals surface area contributed by atoms with Gasteiger partial charge in [0, 0.05) is 12.6 Å². The summed E-state index contributed by atoms with van der Waals surface area (Å²) in [5.74, 6) is 0.335. The third kappa shape index (κ3) is 5.73. The smallest absolute Gasteiger partial charge is 0.264 e. The molecule has 1 amide bonds. The molecule has 7 heteroatoms.